The lowest BCUT2D eigenvalue weighted by atomic mass is 9.85. The number of methoxy groups -OCH3 is 1. The molecule has 0 bridgehead atoms. The molecular formula is C21H31NO5. The van der Waals surface area contributed by atoms with Gasteiger partial charge in [-0.1, -0.05) is 32.3 Å². The third-order valence-corrected chi connectivity index (χ3v) is 5.67. The van der Waals surface area contributed by atoms with E-state index in [0.29, 0.717) is 24.0 Å². The van der Waals surface area contributed by atoms with Crippen LogP contribution in [0.2, 0.25) is 0 Å². The lowest BCUT2D eigenvalue weighted by molar-refractivity contribution is -0.151. The maximum Gasteiger partial charge on any atom is 0.350 e. The minimum atomic E-state index is -0.723. The lowest BCUT2D eigenvalue weighted by Crippen LogP contribution is -2.37. The van der Waals surface area contributed by atoms with Gasteiger partial charge in [0.1, 0.15) is 6.61 Å². The molecule has 1 heterocycles. The van der Waals surface area contributed by atoms with Crippen LogP contribution in [0.15, 0.2) is 18.2 Å². The van der Waals surface area contributed by atoms with Gasteiger partial charge in [-0.3, -0.25) is 0 Å². The molecule has 1 saturated carbocycles. The van der Waals surface area contributed by atoms with Gasteiger partial charge in [-0.15, -0.1) is 0 Å². The van der Waals surface area contributed by atoms with Gasteiger partial charge in [0, 0.05) is 12.6 Å². The van der Waals surface area contributed by atoms with E-state index >= 15 is 0 Å². The van der Waals surface area contributed by atoms with Crippen LogP contribution >= 0.6 is 0 Å². The van der Waals surface area contributed by atoms with Gasteiger partial charge in [-0.2, -0.15) is 0 Å². The van der Waals surface area contributed by atoms with Gasteiger partial charge in [-0.25, -0.2) is 4.79 Å². The van der Waals surface area contributed by atoms with Crippen LogP contribution in [0.3, 0.4) is 0 Å². The number of carbonyl (C=O) groups is 1. The molecule has 0 spiro atoms. The predicted octanol–water partition coefficient (Wildman–Crippen LogP) is 2.98. The Hall–Kier alpha value is -1.79. The van der Waals surface area contributed by atoms with Gasteiger partial charge >= 0.3 is 5.97 Å². The molecule has 0 amide bonds. The zero-order valence-corrected chi connectivity index (χ0v) is 16.3. The van der Waals surface area contributed by atoms with Crippen LogP contribution in [0.4, 0.5) is 0 Å². The van der Waals surface area contributed by atoms with Crippen LogP contribution < -0.4 is 14.8 Å². The predicted molar refractivity (Wildman–Crippen MR) is 102 cm³/mol. The van der Waals surface area contributed by atoms with Crippen molar-refractivity contribution in [2.45, 2.75) is 63.7 Å². The average Bonchev–Trinajstić information content (AvgIpc) is 2.73. The minimum absolute atomic E-state index is 0.135. The van der Waals surface area contributed by atoms with Crippen molar-refractivity contribution >= 4 is 5.97 Å². The van der Waals surface area contributed by atoms with Gasteiger partial charge in [0.2, 0.25) is 6.10 Å². The molecule has 1 aromatic rings. The molecule has 2 aliphatic rings. The Balaban J connectivity index is 1.60. The fourth-order valence-corrected chi connectivity index (χ4v) is 4.00. The standard InChI is InChI=1S/C21H31NO5/c1-3-16(22-12-17(23)14-7-5-4-6-8-14)15-9-10-18-19(11-15)26-13-20(27-18)21(24)25-2/h9-11,14,16-17,20,22-23H,3-8,12-13H2,1-2H3. The number of nitrogens with one attached hydrogen (secondary N) is 1. The van der Waals surface area contributed by atoms with Crippen molar-refractivity contribution in [2.75, 3.05) is 20.3 Å². The van der Waals surface area contributed by atoms with E-state index in [1.165, 1.54) is 26.4 Å². The molecule has 2 N–H and O–H groups in total. The molecule has 6 heteroatoms. The second-order valence-electron chi connectivity index (χ2n) is 7.48. The number of fused-ring (bicyclic) bond motifs is 1. The Labute approximate surface area is 161 Å². The van der Waals surface area contributed by atoms with Crippen molar-refractivity contribution in [3.63, 3.8) is 0 Å². The largest absolute Gasteiger partial charge is 0.485 e. The second kappa shape index (κ2) is 9.42. The maximum absolute atomic E-state index is 11.6. The Bertz CT molecular complexity index is 629. The number of ether oxygens (including phenoxy) is 3. The summed E-state index contributed by atoms with van der Waals surface area (Å²) < 4.78 is 16.1. The van der Waals surface area contributed by atoms with Crippen LogP contribution in [-0.2, 0) is 9.53 Å². The fourth-order valence-electron chi connectivity index (χ4n) is 4.00. The molecular weight excluding hydrogens is 346 g/mol. The van der Waals surface area contributed by atoms with Crippen LogP contribution in [0.1, 0.15) is 57.1 Å². The van der Waals surface area contributed by atoms with Crippen molar-refractivity contribution < 1.29 is 24.1 Å². The van der Waals surface area contributed by atoms with Crippen molar-refractivity contribution in [3.05, 3.63) is 23.8 Å². The Kier molecular flexibility index (Phi) is 6.96. The first-order valence-corrected chi connectivity index (χ1v) is 10.0. The number of carbonyl (C=O) groups excluding carboxylic acids is 1. The summed E-state index contributed by atoms with van der Waals surface area (Å²) in [6.45, 7) is 2.87. The summed E-state index contributed by atoms with van der Waals surface area (Å²) in [5.74, 6) is 1.17. The number of rotatable bonds is 7. The molecule has 0 saturated heterocycles. The number of hydrogen-bond donors (Lipinski definition) is 2. The van der Waals surface area contributed by atoms with Gasteiger partial charge < -0.3 is 24.6 Å². The first-order valence-electron chi connectivity index (χ1n) is 10.0. The van der Waals surface area contributed by atoms with E-state index in [4.69, 9.17) is 14.2 Å². The molecule has 0 aromatic heterocycles. The zero-order chi connectivity index (χ0) is 19.2. The van der Waals surface area contributed by atoms with E-state index in [1.807, 2.05) is 18.2 Å². The summed E-state index contributed by atoms with van der Waals surface area (Å²) in [6, 6.07) is 5.91. The quantitative estimate of drug-likeness (QED) is 0.712. The van der Waals surface area contributed by atoms with E-state index in [1.54, 1.807) is 0 Å². The van der Waals surface area contributed by atoms with Crippen molar-refractivity contribution in [2.24, 2.45) is 5.92 Å². The molecule has 1 fully saturated rings. The molecule has 3 atom stereocenters. The minimum Gasteiger partial charge on any atom is -0.485 e. The molecule has 3 unspecified atom stereocenters. The highest BCUT2D eigenvalue weighted by Crippen LogP contribution is 2.35. The van der Waals surface area contributed by atoms with E-state index in [-0.39, 0.29) is 18.8 Å². The topological polar surface area (TPSA) is 77.0 Å². The Morgan fingerprint density at radius 1 is 1.30 bits per heavy atom. The van der Waals surface area contributed by atoms with E-state index in [2.05, 4.69) is 12.2 Å². The molecule has 150 valence electrons. The Morgan fingerprint density at radius 3 is 2.78 bits per heavy atom. The molecule has 27 heavy (non-hydrogen) atoms. The van der Waals surface area contributed by atoms with Crippen LogP contribution in [0, 0.1) is 5.92 Å². The Morgan fingerprint density at radius 2 is 2.07 bits per heavy atom. The first-order chi connectivity index (χ1) is 13.1. The van der Waals surface area contributed by atoms with E-state index in [0.717, 1.165) is 24.8 Å². The van der Waals surface area contributed by atoms with Crippen molar-refractivity contribution in [3.8, 4) is 11.5 Å². The lowest BCUT2D eigenvalue weighted by Gasteiger charge is -2.29. The van der Waals surface area contributed by atoms with E-state index < -0.39 is 12.1 Å². The molecule has 1 aliphatic carbocycles. The summed E-state index contributed by atoms with van der Waals surface area (Å²) in [7, 11) is 1.34. The summed E-state index contributed by atoms with van der Waals surface area (Å²) in [4.78, 5) is 11.6. The molecule has 0 radical (unpaired) electrons. The molecule has 1 aromatic carbocycles. The van der Waals surface area contributed by atoms with Gasteiger partial charge in [0.25, 0.3) is 0 Å². The summed E-state index contributed by atoms with van der Waals surface area (Å²) in [5, 5.41) is 14.0. The second-order valence-corrected chi connectivity index (χ2v) is 7.48. The molecule has 6 nitrogen and oxygen atoms in total. The summed E-state index contributed by atoms with van der Waals surface area (Å²) in [6.07, 6.45) is 5.90. The summed E-state index contributed by atoms with van der Waals surface area (Å²) in [5.41, 5.74) is 1.09. The number of aliphatic hydroxyl groups is 1. The van der Waals surface area contributed by atoms with Gasteiger partial charge in [0.05, 0.1) is 13.2 Å². The van der Waals surface area contributed by atoms with E-state index in [9.17, 15) is 9.90 Å². The zero-order valence-electron chi connectivity index (χ0n) is 16.3. The molecule has 3 rings (SSSR count). The third-order valence-electron chi connectivity index (χ3n) is 5.67. The summed E-state index contributed by atoms with van der Waals surface area (Å²) >= 11 is 0. The van der Waals surface area contributed by atoms with Crippen molar-refractivity contribution in [1.82, 2.24) is 5.32 Å². The third kappa shape index (κ3) is 4.93. The van der Waals surface area contributed by atoms with Gasteiger partial charge in [0.15, 0.2) is 11.5 Å². The molecule has 1 aliphatic heterocycles. The highest BCUT2D eigenvalue weighted by Gasteiger charge is 2.29. The number of hydrogen-bond acceptors (Lipinski definition) is 6. The normalized spacial score (nSPS) is 22.1. The number of esters is 1. The van der Waals surface area contributed by atoms with Gasteiger partial charge in [-0.05, 0) is 42.9 Å². The monoisotopic (exact) mass is 377 g/mol. The smallest absolute Gasteiger partial charge is 0.350 e. The van der Waals surface area contributed by atoms with Crippen molar-refractivity contribution in [1.29, 1.82) is 0 Å². The van der Waals surface area contributed by atoms with Crippen LogP contribution in [0.5, 0.6) is 11.5 Å². The fraction of sp³-hybridized carbons (Fsp3) is 0.667. The highest BCUT2D eigenvalue weighted by atomic mass is 16.6. The average molecular weight is 377 g/mol. The number of aliphatic hydroxyl groups excluding tert-OH is 1. The van der Waals surface area contributed by atoms with Crippen LogP contribution in [-0.4, -0.2) is 43.5 Å². The number of benzene rings is 1. The maximum atomic E-state index is 11.6. The highest BCUT2D eigenvalue weighted by molar-refractivity contribution is 5.75. The SMILES string of the molecule is CCC(NCC(O)C1CCCCC1)c1ccc2c(c1)OCC(C(=O)OC)O2. The van der Waals surface area contributed by atoms with Crippen LogP contribution in [0.25, 0.3) is 0 Å². The first kappa shape index (κ1) is 20.0.